The molecule has 25 heavy (non-hydrogen) atoms. The second kappa shape index (κ2) is 7.36. The third-order valence-electron chi connectivity index (χ3n) is 6.12. The average Bonchev–Trinajstić information content (AvgIpc) is 3.35. The third-order valence-corrected chi connectivity index (χ3v) is 6.12. The number of amides is 1. The molecule has 3 aliphatic rings. The lowest BCUT2D eigenvalue weighted by Crippen LogP contribution is -2.45. The molecule has 1 aliphatic heterocycles. The molecule has 1 N–H and O–H groups in total. The number of para-hydroxylation sites is 1. The Bertz CT molecular complexity index is 613. The molecule has 1 aromatic carbocycles. The zero-order valence-corrected chi connectivity index (χ0v) is 14.9. The van der Waals surface area contributed by atoms with Gasteiger partial charge in [-0.05, 0) is 56.6 Å². The molecule has 1 saturated heterocycles. The van der Waals surface area contributed by atoms with Crippen molar-refractivity contribution in [3.05, 3.63) is 29.8 Å². The second-order valence-electron chi connectivity index (χ2n) is 7.97. The predicted molar refractivity (Wildman–Crippen MR) is 96.7 cm³/mol. The van der Waals surface area contributed by atoms with Gasteiger partial charge in [0.25, 0.3) is 5.91 Å². The van der Waals surface area contributed by atoms with Crippen molar-refractivity contribution in [1.82, 2.24) is 4.90 Å². The Labute approximate surface area is 150 Å². The van der Waals surface area contributed by atoms with E-state index in [9.17, 15) is 9.90 Å². The van der Waals surface area contributed by atoms with E-state index in [-0.39, 0.29) is 24.0 Å². The third kappa shape index (κ3) is 3.69. The van der Waals surface area contributed by atoms with Crippen LogP contribution in [0.1, 0.15) is 61.7 Å². The molecule has 3 atom stereocenters. The number of hydrogen-bond acceptors (Lipinski definition) is 3. The number of aliphatic hydroxyl groups is 1. The van der Waals surface area contributed by atoms with Gasteiger partial charge in [-0.15, -0.1) is 0 Å². The molecule has 1 amide bonds. The second-order valence-corrected chi connectivity index (χ2v) is 7.97. The summed E-state index contributed by atoms with van der Waals surface area (Å²) >= 11 is 0. The maximum absolute atomic E-state index is 13.3. The van der Waals surface area contributed by atoms with Crippen molar-refractivity contribution in [2.75, 3.05) is 13.2 Å². The summed E-state index contributed by atoms with van der Waals surface area (Å²) < 4.78 is 5.95. The highest BCUT2D eigenvalue weighted by molar-refractivity contribution is 5.97. The molecule has 1 heterocycles. The van der Waals surface area contributed by atoms with E-state index in [1.165, 1.54) is 19.3 Å². The molecule has 0 bridgehead atoms. The van der Waals surface area contributed by atoms with Gasteiger partial charge >= 0.3 is 0 Å². The number of likely N-dealkylation sites (tertiary alicyclic amines) is 1. The lowest BCUT2D eigenvalue weighted by molar-refractivity contribution is 0.0210. The van der Waals surface area contributed by atoms with Crippen molar-refractivity contribution in [3.8, 4) is 5.75 Å². The number of nitrogens with zero attached hydrogens (tertiary/aromatic N) is 1. The van der Waals surface area contributed by atoms with Gasteiger partial charge < -0.3 is 14.7 Å². The first-order chi connectivity index (χ1) is 12.2. The Morgan fingerprint density at radius 3 is 2.68 bits per heavy atom. The van der Waals surface area contributed by atoms with Crippen molar-refractivity contribution in [1.29, 1.82) is 0 Å². The van der Waals surface area contributed by atoms with Crippen LogP contribution in [-0.4, -0.2) is 41.2 Å². The number of aliphatic hydroxyl groups excluding tert-OH is 1. The van der Waals surface area contributed by atoms with Gasteiger partial charge in [0.1, 0.15) is 5.75 Å². The predicted octanol–water partition coefficient (Wildman–Crippen LogP) is 3.63. The minimum Gasteiger partial charge on any atom is -0.492 e. The van der Waals surface area contributed by atoms with Crippen LogP contribution in [0.25, 0.3) is 0 Å². The standard InChI is InChI=1S/C21H29NO3/c23-19-9-3-1-6-16(19)18-8-5-13-22(18)21(24)17-7-2-4-10-20(17)25-14-15-11-12-15/h2,4,7,10,15-16,18-19,23H,1,3,5-6,8-9,11-14H2/t16-,18-,19-/m1/s1. The monoisotopic (exact) mass is 343 g/mol. The van der Waals surface area contributed by atoms with E-state index < -0.39 is 0 Å². The van der Waals surface area contributed by atoms with Gasteiger partial charge in [-0.2, -0.15) is 0 Å². The highest BCUT2D eigenvalue weighted by Crippen LogP contribution is 2.36. The van der Waals surface area contributed by atoms with Crippen LogP contribution in [0.15, 0.2) is 24.3 Å². The summed E-state index contributed by atoms with van der Waals surface area (Å²) in [6.07, 6.45) is 8.46. The number of benzene rings is 1. The highest BCUT2D eigenvalue weighted by Gasteiger charge is 2.39. The van der Waals surface area contributed by atoms with Gasteiger partial charge in [-0.25, -0.2) is 0 Å². The number of rotatable bonds is 5. The Morgan fingerprint density at radius 1 is 1.08 bits per heavy atom. The van der Waals surface area contributed by atoms with E-state index in [0.717, 1.165) is 45.3 Å². The average molecular weight is 343 g/mol. The molecule has 0 spiro atoms. The smallest absolute Gasteiger partial charge is 0.257 e. The molecule has 1 aromatic rings. The summed E-state index contributed by atoms with van der Waals surface area (Å²) in [5.74, 6) is 1.70. The Hall–Kier alpha value is -1.55. The summed E-state index contributed by atoms with van der Waals surface area (Å²) in [5, 5.41) is 10.4. The SMILES string of the molecule is O=C(c1ccccc1OCC1CC1)N1CCC[C@@H]1[C@H]1CCCC[C@H]1O. The summed E-state index contributed by atoms with van der Waals surface area (Å²) in [5.41, 5.74) is 0.681. The summed E-state index contributed by atoms with van der Waals surface area (Å²) in [6.45, 7) is 1.51. The minimum absolute atomic E-state index is 0.0756. The fraction of sp³-hybridized carbons (Fsp3) is 0.667. The number of carbonyl (C=O) groups is 1. The first-order valence-electron chi connectivity index (χ1n) is 9.95. The summed E-state index contributed by atoms with van der Waals surface area (Å²) in [6, 6.07) is 7.83. The number of hydrogen-bond donors (Lipinski definition) is 1. The van der Waals surface area contributed by atoms with Crippen LogP contribution < -0.4 is 4.74 Å². The fourth-order valence-electron chi connectivity index (χ4n) is 4.49. The van der Waals surface area contributed by atoms with E-state index in [4.69, 9.17) is 4.74 Å². The van der Waals surface area contributed by atoms with Crippen LogP contribution in [0, 0.1) is 11.8 Å². The molecular formula is C21H29NO3. The van der Waals surface area contributed by atoms with Gasteiger partial charge in [0, 0.05) is 18.5 Å². The lowest BCUT2D eigenvalue weighted by atomic mass is 9.80. The zero-order chi connectivity index (χ0) is 17.2. The largest absolute Gasteiger partial charge is 0.492 e. The van der Waals surface area contributed by atoms with Crippen LogP contribution >= 0.6 is 0 Å². The first-order valence-corrected chi connectivity index (χ1v) is 9.95. The van der Waals surface area contributed by atoms with E-state index >= 15 is 0 Å². The lowest BCUT2D eigenvalue weighted by Gasteiger charge is -2.37. The number of ether oxygens (including phenoxy) is 1. The van der Waals surface area contributed by atoms with E-state index in [1.807, 2.05) is 29.2 Å². The van der Waals surface area contributed by atoms with Crippen molar-refractivity contribution in [2.24, 2.45) is 11.8 Å². The molecule has 4 heteroatoms. The summed E-state index contributed by atoms with van der Waals surface area (Å²) in [4.78, 5) is 15.3. The summed E-state index contributed by atoms with van der Waals surface area (Å²) in [7, 11) is 0. The van der Waals surface area contributed by atoms with Crippen LogP contribution in [0.2, 0.25) is 0 Å². The van der Waals surface area contributed by atoms with Crippen LogP contribution in [-0.2, 0) is 0 Å². The fourth-order valence-corrected chi connectivity index (χ4v) is 4.49. The molecule has 0 unspecified atom stereocenters. The molecule has 2 saturated carbocycles. The number of carbonyl (C=O) groups excluding carboxylic acids is 1. The molecule has 4 rings (SSSR count). The highest BCUT2D eigenvalue weighted by atomic mass is 16.5. The van der Waals surface area contributed by atoms with E-state index in [2.05, 4.69) is 0 Å². The normalized spacial score (nSPS) is 29.6. The van der Waals surface area contributed by atoms with Gasteiger partial charge in [0.2, 0.25) is 0 Å². The van der Waals surface area contributed by atoms with Crippen molar-refractivity contribution in [3.63, 3.8) is 0 Å². The van der Waals surface area contributed by atoms with Gasteiger partial charge in [-0.3, -0.25) is 4.79 Å². The van der Waals surface area contributed by atoms with Gasteiger partial charge in [0.15, 0.2) is 0 Å². The molecular weight excluding hydrogens is 314 g/mol. The van der Waals surface area contributed by atoms with Crippen molar-refractivity contribution in [2.45, 2.75) is 63.5 Å². The maximum atomic E-state index is 13.3. The van der Waals surface area contributed by atoms with E-state index in [1.54, 1.807) is 0 Å². The van der Waals surface area contributed by atoms with Gasteiger partial charge in [-0.1, -0.05) is 25.0 Å². The minimum atomic E-state index is -0.256. The van der Waals surface area contributed by atoms with Crippen molar-refractivity contribution >= 4 is 5.91 Å². The van der Waals surface area contributed by atoms with Gasteiger partial charge in [0.05, 0.1) is 18.3 Å². The van der Waals surface area contributed by atoms with E-state index in [0.29, 0.717) is 17.2 Å². The molecule has 4 nitrogen and oxygen atoms in total. The maximum Gasteiger partial charge on any atom is 0.257 e. The molecule has 2 aliphatic carbocycles. The van der Waals surface area contributed by atoms with Crippen LogP contribution in [0.4, 0.5) is 0 Å². The van der Waals surface area contributed by atoms with Crippen molar-refractivity contribution < 1.29 is 14.6 Å². The Kier molecular flexibility index (Phi) is 4.98. The van der Waals surface area contributed by atoms with Crippen LogP contribution in [0.5, 0.6) is 5.75 Å². The Balaban J connectivity index is 1.51. The molecule has 0 aromatic heterocycles. The first kappa shape index (κ1) is 16.9. The molecule has 0 radical (unpaired) electrons. The quantitative estimate of drug-likeness (QED) is 0.888. The van der Waals surface area contributed by atoms with Crippen LogP contribution in [0.3, 0.4) is 0 Å². The Morgan fingerprint density at radius 2 is 1.88 bits per heavy atom. The topological polar surface area (TPSA) is 49.8 Å². The zero-order valence-electron chi connectivity index (χ0n) is 14.9. The molecule has 136 valence electrons. The molecule has 3 fully saturated rings.